The first-order valence-electron chi connectivity index (χ1n) is 9.67. The smallest absolute Gasteiger partial charge is 0.266 e. The minimum Gasteiger partial charge on any atom is -0.326 e. The van der Waals surface area contributed by atoms with E-state index in [2.05, 4.69) is 15.3 Å². The fourth-order valence-corrected chi connectivity index (χ4v) is 3.62. The lowest BCUT2D eigenvalue weighted by Crippen LogP contribution is -2.29. The second-order valence-electron chi connectivity index (χ2n) is 7.14. The van der Waals surface area contributed by atoms with Crippen molar-refractivity contribution >= 4 is 40.1 Å². The second-order valence-corrected chi connectivity index (χ2v) is 7.14. The van der Waals surface area contributed by atoms with Gasteiger partial charge in [0.25, 0.3) is 11.8 Å². The van der Waals surface area contributed by atoms with Gasteiger partial charge < -0.3 is 5.32 Å². The highest BCUT2D eigenvalue weighted by atomic mass is 16.2. The zero-order valence-electron chi connectivity index (χ0n) is 16.3. The highest BCUT2D eigenvalue weighted by Gasteiger charge is 2.36. The van der Waals surface area contributed by atoms with Gasteiger partial charge in [0.15, 0.2) is 0 Å². The molecule has 1 N–H and O–H groups in total. The average Bonchev–Trinajstić information content (AvgIpc) is 3.05. The molecule has 0 spiro atoms. The lowest BCUT2D eigenvalue weighted by Gasteiger charge is -2.14. The van der Waals surface area contributed by atoms with Crippen LogP contribution in [0.15, 0.2) is 79.1 Å². The summed E-state index contributed by atoms with van der Waals surface area (Å²) < 4.78 is 0. The van der Waals surface area contributed by atoms with Crippen molar-refractivity contribution < 1.29 is 14.4 Å². The van der Waals surface area contributed by atoms with E-state index in [1.54, 1.807) is 79.1 Å². The third-order valence-corrected chi connectivity index (χ3v) is 5.11. The molecule has 7 heteroatoms. The Kier molecular flexibility index (Phi) is 4.48. The maximum atomic E-state index is 12.6. The number of anilines is 2. The summed E-state index contributed by atoms with van der Waals surface area (Å²) in [6, 6.07) is 18.9. The molecule has 1 aliphatic rings. The van der Waals surface area contributed by atoms with E-state index in [-0.39, 0.29) is 24.1 Å². The Bertz CT molecular complexity index is 1310. The van der Waals surface area contributed by atoms with Gasteiger partial charge in [-0.1, -0.05) is 24.3 Å². The summed E-state index contributed by atoms with van der Waals surface area (Å²) in [7, 11) is 0. The van der Waals surface area contributed by atoms with E-state index < -0.39 is 0 Å². The van der Waals surface area contributed by atoms with Crippen molar-refractivity contribution in [3.8, 4) is 0 Å². The first kappa shape index (κ1) is 18.6. The van der Waals surface area contributed by atoms with Gasteiger partial charge in [-0.05, 0) is 48.0 Å². The Morgan fingerprint density at radius 2 is 1.45 bits per heavy atom. The average molecular weight is 408 g/mol. The largest absolute Gasteiger partial charge is 0.326 e. The molecule has 0 aliphatic carbocycles. The monoisotopic (exact) mass is 408 g/mol. The molecule has 0 bridgehead atoms. The summed E-state index contributed by atoms with van der Waals surface area (Å²) in [5.74, 6) is -0.868. The minimum absolute atomic E-state index is 0.154. The number of hydrogen-bond acceptors (Lipinski definition) is 5. The number of carbonyl (C=O) groups is 3. The molecule has 0 radical (unpaired) electrons. The highest BCUT2D eigenvalue weighted by Crippen LogP contribution is 2.28. The van der Waals surface area contributed by atoms with E-state index >= 15 is 0 Å². The van der Waals surface area contributed by atoms with Gasteiger partial charge in [0.1, 0.15) is 0 Å². The number of imide groups is 1. The predicted molar refractivity (Wildman–Crippen MR) is 116 cm³/mol. The van der Waals surface area contributed by atoms with Crippen LogP contribution in [0, 0.1) is 0 Å². The van der Waals surface area contributed by atoms with Crippen LogP contribution >= 0.6 is 0 Å². The Labute approximate surface area is 177 Å². The minimum atomic E-state index is -0.342. The van der Waals surface area contributed by atoms with E-state index in [0.717, 1.165) is 16.0 Å². The first-order valence-corrected chi connectivity index (χ1v) is 9.67. The van der Waals surface area contributed by atoms with E-state index in [0.29, 0.717) is 28.0 Å². The van der Waals surface area contributed by atoms with Crippen molar-refractivity contribution in [1.29, 1.82) is 0 Å². The summed E-state index contributed by atoms with van der Waals surface area (Å²) in [6.45, 7) is 0. The highest BCUT2D eigenvalue weighted by molar-refractivity contribution is 6.34. The Morgan fingerprint density at radius 1 is 0.806 bits per heavy atom. The molecule has 1 aliphatic heterocycles. The molecule has 0 saturated carbocycles. The molecule has 0 atom stereocenters. The first-order chi connectivity index (χ1) is 15.1. The molecular weight excluding hydrogens is 392 g/mol. The molecule has 0 unspecified atom stereocenters. The number of rotatable bonds is 4. The third-order valence-electron chi connectivity index (χ3n) is 5.11. The zero-order valence-corrected chi connectivity index (χ0v) is 16.3. The van der Waals surface area contributed by atoms with Crippen LogP contribution in [0.2, 0.25) is 0 Å². The number of aromatic nitrogens is 2. The molecule has 1 aromatic heterocycles. The lowest BCUT2D eigenvalue weighted by molar-refractivity contribution is -0.115. The topological polar surface area (TPSA) is 92.3 Å². The van der Waals surface area contributed by atoms with Gasteiger partial charge in [0.2, 0.25) is 5.91 Å². The van der Waals surface area contributed by atoms with E-state index in [1.807, 2.05) is 0 Å². The summed E-state index contributed by atoms with van der Waals surface area (Å²) in [5, 5.41) is 2.85. The van der Waals surface area contributed by atoms with Crippen LogP contribution in [-0.2, 0) is 11.2 Å². The maximum Gasteiger partial charge on any atom is 0.266 e. The summed E-state index contributed by atoms with van der Waals surface area (Å²) in [4.78, 5) is 47.2. The van der Waals surface area contributed by atoms with Crippen LogP contribution in [0.3, 0.4) is 0 Å². The third kappa shape index (κ3) is 3.42. The molecule has 3 amide bonds. The molecule has 4 aromatic rings. The van der Waals surface area contributed by atoms with Crippen molar-refractivity contribution in [3.63, 3.8) is 0 Å². The molecule has 0 fully saturated rings. The van der Waals surface area contributed by atoms with E-state index in [1.165, 1.54) is 0 Å². The number of nitrogens with one attached hydrogen (secondary N) is 1. The summed E-state index contributed by atoms with van der Waals surface area (Å²) in [5.41, 5.74) is 4.13. The number of amides is 3. The van der Waals surface area contributed by atoms with Crippen LogP contribution in [-0.4, -0.2) is 27.7 Å². The van der Waals surface area contributed by atoms with Gasteiger partial charge in [-0.15, -0.1) is 0 Å². The van der Waals surface area contributed by atoms with Gasteiger partial charge in [-0.2, -0.15) is 0 Å². The molecule has 31 heavy (non-hydrogen) atoms. The van der Waals surface area contributed by atoms with Crippen LogP contribution in [0.4, 0.5) is 11.4 Å². The van der Waals surface area contributed by atoms with Crippen molar-refractivity contribution in [1.82, 2.24) is 9.97 Å². The maximum absolute atomic E-state index is 12.6. The quantitative estimate of drug-likeness (QED) is 0.521. The van der Waals surface area contributed by atoms with Crippen LogP contribution in [0.25, 0.3) is 11.0 Å². The van der Waals surface area contributed by atoms with Crippen molar-refractivity contribution in [2.75, 3.05) is 10.2 Å². The molecule has 150 valence electrons. The number of benzene rings is 3. The van der Waals surface area contributed by atoms with Crippen molar-refractivity contribution in [2.45, 2.75) is 6.42 Å². The standard InChI is InChI=1S/C24H16N4O3/c29-22(27-16-7-10-20-21(14-16)26-12-11-25-20)13-15-5-8-17(9-6-15)28-23(30)18-3-1-2-4-19(18)24(28)31/h1-12,14H,13H2,(H,27,29). The summed E-state index contributed by atoms with van der Waals surface area (Å²) >= 11 is 0. The van der Waals surface area contributed by atoms with Crippen LogP contribution in [0.1, 0.15) is 26.3 Å². The Morgan fingerprint density at radius 3 is 2.13 bits per heavy atom. The Balaban J connectivity index is 1.28. The zero-order chi connectivity index (χ0) is 21.4. The molecule has 7 nitrogen and oxygen atoms in total. The molecule has 3 aromatic carbocycles. The molecular formula is C24H16N4O3. The normalized spacial score (nSPS) is 12.8. The molecule has 0 saturated heterocycles. The number of hydrogen-bond donors (Lipinski definition) is 1. The van der Waals surface area contributed by atoms with Gasteiger partial charge in [-0.3, -0.25) is 24.4 Å². The number of nitrogens with zero attached hydrogens (tertiary/aromatic N) is 3. The van der Waals surface area contributed by atoms with Gasteiger partial charge >= 0.3 is 0 Å². The van der Waals surface area contributed by atoms with Gasteiger partial charge in [-0.25, -0.2) is 4.90 Å². The molecule has 2 heterocycles. The van der Waals surface area contributed by atoms with E-state index in [9.17, 15) is 14.4 Å². The lowest BCUT2D eigenvalue weighted by atomic mass is 10.1. The second kappa shape index (κ2) is 7.46. The number of fused-ring (bicyclic) bond motifs is 2. The fraction of sp³-hybridized carbons (Fsp3) is 0.0417. The van der Waals surface area contributed by atoms with E-state index in [4.69, 9.17) is 0 Å². The molecule has 5 rings (SSSR count). The van der Waals surface area contributed by atoms with Gasteiger partial charge in [0, 0.05) is 18.1 Å². The SMILES string of the molecule is O=C(Cc1ccc(N2C(=O)c3ccccc3C2=O)cc1)Nc1ccc2nccnc2c1. The van der Waals surface area contributed by atoms with Crippen LogP contribution in [0.5, 0.6) is 0 Å². The fourth-order valence-electron chi connectivity index (χ4n) is 3.62. The van der Waals surface area contributed by atoms with Crippen molar-refractivity contribution in [2.24, 2.45) is 0 Å². The van der Waals surface area contributed by atoms with Crippen LogP contribution < -0.4 is 10.2 Å². The Hall–Kier alpha value is -4.39. The van der Waals surface area contributed by atoms with Crippen molar-refractivity contribution in [3.05, 3.63) is 95.8 Å². The summed E-state index contributed by atoms with van der Waals surface area (Å²) in [6.07, 6.45) is 3.37. The van der Waals surface area contributed by atoms with Gasteiger partial charge in [0.05, 0.1) is 34.3 Å². The number of carbonyl (C=O) groups excluding carboxylic acids is 3. The predicted octanol–water partition coefficient (Wildman–Crippen LogP) is 3.61.